The summed E-state index contributed by atoms with van der Waals surface area (Å²) in [6, 6.07) is 14.2. The lowest BCUT2D eigenvalue weighted by Crippen LogP contribution is -2.13. The molecule has 2 heterocycles. The highest BCUT2D eigenvalue weighted by atomic mass is 35.5. The van der Waals surface area contributed by atoms with Crippen molar-refractivity contribution >= 4 is 29.2 Å². The summed E-state index contributed by atoms with van der Waals surface area (Å²) in [7, 11) is 0. The van der Waals surface area contributed by atoms with Gasteiger partial charge in [0.1, 0.15) is 30.3 Å². The molecule has 10 heteroatoms. The maximum absolute atomic E-state index is 13.9. The molecule has 2 aromatic carbocycles. The topological polar surface area (TPSA) is 99.2 Å². The molecule has 0 radical (unpaired) electrons. The fraction of sp³-hybridized carbons (Fsp3) is 0.130. The van der Waals surface area contributed by atoms with E-state index in [1.807, 2.05) is 0 Å². The molecule has 0 fully saturated rings. The SMILES string of the molecule is CC(=O)c1ccc(OCc2ccc(C(=O)Nc3ncn(Cc4c(F)cccc4Cl)n3)o2)cc1. The smallest absolute Gasteiger partial charge is 0.293 e. The van der Waals surface area contributed by atoms with E-state index in [-0.39, 0.29) is 41.2 Å². The lowest BCUT2D eigenvalue weighted by Gasteiger charge is -2.05. The van der Waals surface area contributed by atoms with Gasteiger partial charge in [-0.25, -0.2) is 14.1 Å². The van der Waals surface area contributed by atoms with Crippen LogP contribution in [-0.4, -0.2) is 26.5 Å². The molecule has 0 saturated heterocycles. The number of anilines is 1. The fourth-order valence-corrected chi connectivity index (χ4v) is 3.18. The van der Waals surface area contributed by atoms with Crippen LogP contribution in [0.4, 0.5) is 10.3 Å². The first-order valence-corrected chi connectivity index (χ1v) is 10.2. The van der Waals surface area contributed by atoms with Gasteiger partial charge in [0.05, 0.1) is 6.54 Å². The molecule has 2 aromatic heterocycles. The first-order chi connectivity index (χ1) is 15.9. The Kier molecular flexibility index (Phi) is 6.50. The number of ketones is 1. The summed E-state index contributed by atoms with van der Waals surface area (Å²) in [4.78, 5) is 27.8. The van der Waals surface area contributed by atoms with E-state index in [0.717, 1.165) is 0 Å². The molecule has 4 aromatic rings. The predicted octanol–water partition coefficient (Wildman–Crippen LogP) is 4.75. The Bertz CT molecular complexity index is 1280. The lowest BCUT2D eigenvalue weighted by atomic mass is 10.1. The summed E-state index contributed by atoms with van der Waals surface area (Å²) in [5.41, 5.74) is 0.862. The van der Waals surface area contributed by atoms with E-state index >= 15 is 0 Å². The second kappa shape index (κ2) is 9.66. The third-order valence-electron chi connectivity index (χ3n) is 4.67. The molecule has 0 spiro atoms. The van der Waals surface area contributed by atoms with Gasteiger partial charge in [-0.2, -0.15) is 0 Å². The highest BCUT2D eigenvalue weighted by Crippen LogP contribution is 2.20. The van der Waals surface area contributed by atoms with Crippen LogP contribution in [0, 0.1) is 5.82 Å². The number of Topliss-reactive ketones (excluding diaryl/α,β-unsaturated/α-hetero) is 1. The van der Waals surface area contributed by atoms with Gasteiger partial charge < -0.3 is 9.15 Å². The molecule has 4 rings (SSSR count). The summed E-state index contributed by atoms with van der Waals surface area (Å²) in [6.07, 6.45) is 1.36. The van der Waals surface area contributed by atoms with E-state index in [2.05, 4.69) is 15.4 Å². The molecule has 1 amide bonds. The highest BCUT2D eigenvalue weighted by molar-refractivity contribution is 6.31. The Morgan fingerprint density at radius 3 is 2.67 bits per heavy atom. The van der Waals surface area contributed by atoms with Crippen molar-refractivity contribution in [2.75, 3.05) is 5.32 Å². The lowest BCUT2D eigenvalue weighted by molar-refractivity contribution is 0.0989. The molecule has 0 bridgehead atoms. The standard InChI is InChI=1S/C23H18ClFN4O4/c1-14(30)15-5-7-16(8-6-15)32-12-17-9-10-21(33-17)22(31)27-23-26-13-29(28-23)11-18-19(24)3-2-4-20(18)25/h2-10,13H,11-12H2,1H3,(H,27,28,31). The van der Waals surface area contributed by atoms with Crippen LogP contribution in [0.2, 0.25) is 5.02 Å². The van der Waals surface area contributed by atoms with Gasteiger partial charge in [0.15, 0.2) is 11.5 Å². The minimum atomic E-state index is -0.547. The first-order valence-electron chi connectivity index (χ1n) is 9.85. The predicted molar refractivity (Wildman–Crippen MR) is 118 cm³/mol. The number of aromatic nitrogens is 3. The maximum atomic E-state index is 13.9. The number of amides is 1. The largest absolute Gasteiger partial charge is 0.486 e. The van der Waals surface area contributed by atoms with E-state index in [4.69, 9.17) is 20.8 Å². The normalized spacial score (nSPS) is 10.8. The van der Waals surface area contributed by atoms with Crippen LogP contribution in [-0.2, 0) is 13.2 Å². The van der Waals surface area contributed by atoms with Gasteiger partial charge >= 0.3 is 0 Å². The maximum Gasteiger partial charge on any atom is 0.293 e. The molecule has 0 saturated carbocycles. The Labute approximate surface area is 193 Å². The van der Waals surface area contributed by atoms with Crippen LogP contribution < -0.4 is 10.1 Å². The monoisotopic (exact) mass is 468 g/mol. The number of hydrogen-bond acceptors (Lipinski definition) is 6. The Morgan fingerprint density at radius 1 is 1.15 bits per heavy atom. The number of furan rings is 1. The molecular weight excluding hydrogens is 451 g/mol. The Balaban J connectivity index is 1.34. The van der Waals surface area contributed by atoms with Gasteiger partial charge in [0.25, 0.3) is 5.91 Å². The molecule has 0 aliphatic heterocycles. The van der Waals surface area contributed by atoms with Crippen molar-refractivity contribution in [1.82, 2.24) is 14.8 Å². The number of carbonyl (C=O) groups excluding carboxylic acids is 2. The van der Waals surface area contributed by atoms with Crippen molar-refractivity contribution in [2.45, 2.75) is 20.1 Å². The van der Waals surface area contributed by atoms with Gasteiger partial charge in [-0.1, -0.05) is 17.7 Å². The third-order valence-corrected chi connectivity index (χ3v) is 5.03. The Hall–Kier alpha value is -3.98. The van der Waals surface area contributed by atoms with Crippen molar-refractivity contribution < 1.29 is 23.1 Å². The van der Waals surface area contributed by atoms with Gasteiger partial charge in [-0.05, 0) is 55.5 Å². The Morgan fingerprint density at radius 2 is 1.94 bits per heavy atom. The van der Waals surface area contributed by atoms with Crippen molar-refractivity contribution in [3.63, 3.8) is 0 Å². The second-order valence-corrected chi connectivity index (χ2v) is 7.46. The van der Waals surface area contributed by atoms with Crippen LogP contribution in [0.3, 0.4) is 0 Å². The summed E-state index contributed by atoms with van der Waals surface area (Å²) < 4.78 is 26.4. The van der Waals surface area contributed by atoms with Crippen molar-refractivity contribution in [3.8, 4) is 5.75 Å². The third kappa shape index (κ3) is 5.45. The number of carbonyl (C=O) groups is 2. The van der Waals surface area contributed by atoms with E-state index < -0.39 is 11.7 Å². The van der Waals surface area contributed by atoms with E-state index in [0.29, 0.717) is 17.1 Å². The number of ether oxygens (including phenoxy) is 1. The molecule has 33 heavy (non-hydrogen) atoms. The van der Waals surface area contributed by atoms with Gasteiger partial charge in [0.2, 0.25) is 5.95 Å². The minimum absolute atomic E-state index is 0.0291. The molecule has 0 aliphatic carbocycles. The van der Waals surface area contributed by atoms with E-state index in [9.17, 15) is 14.0 Å². The molecule has 168 valence electrons. The highest BCUT2D eigenvalue weighted by Gasteiger charge is 2.15. The average molecular weight is 469 g/mol. The second-order valence-electron chi connectivity index (χ2n) is 7.06. The molecule has 0 aliphatic rings. The molecular formula is C23H18ClFN4O4. The summed E-state index contributed by atoms with van der Waals surface area (Å²) in [5, 5.41) is 6.91. The molecule has 0 atom stereocenters. The molecule has 0 unspecified atom stereocenters. The van der Waals surface area contributed by atoms with Crippen LogP contribution in [0.15, 0.2) is 65.3 Å². The van der Waals surface area contributed by atoms with E-state index in [1.165, 1.54) is 36.1 Å². The average Bonchev–Trinajstić information content (AvgIpc) is 3.45. The zero-order chi connectivity index (χ0) is 23.4. The van der Waals surface area contributed by atoms with Crippen LogP contribution >= 0.6 is 11.6 Å². The minimum Gasteiger partial charge on any atom is -0.486 e. The first kappa shape index (κ1) is 22.2. The zero-order valence-electron chi connectivity index (χ0n) is 17.4. The van der Waals surface area contributed by atoms with Crippen LogP contribution in [0.25, 0.3) is 0 Å². The zero-order valence-corrected chi connectivity index (χ0v) is 18.2. The quantitative estimate of drug-likeness (QED) is 0.375. The number of halogens is 2. The van der Waals surface area contributed by atoms with Crippen molar-refractivity contribution in [2.24, 2.45) is 0 Å². The van der Waals surface area contributed by atoms with Crippen molar-refractivity contribution in [3.05, 3.63) is 94.4 Å². The van der Waals surface area contributed by atoms with Crippen molar-refractivity contribution in [1.29, 1.82) is 0 Å². The molecule has 1 N–H and O–H groups in total. The van der Waals surface area contributed by atoms with Gasteiger partial charge in [-0.15, -0.1) is 5.10 Å². The van der Waals surface area contributed by atoms with Gasteiger partial charge in [-0.3, -0.25) is 14.9 Å². The number of benzene rings is 2. The van der Waals surface area contributed by atoms with Crippen LogP contribution in [0.5, 0.6) is 5.75 Å². The summed E-state index contributed by atoms with van der Waals surface area (Å²) in [6.45, 7) is 1.65. The van der Waals surface area contributed by atoms with Gasteiger partial charge in [0, 0.05) is 16.1 Å². The van der Waals surface area contributed by atoms with Crippen LogP contribution in [0.1, 0.15) is 39.2 Å². The number of hydrogen-bond donors (Lipinski definition) is 1. The fourth-order valence-electron chi connectivity index (χ4n) is 2.95. The summed E-state index contributed by atoms with van der Waals surface area (Å²) >= 11 is 6.03. The summed E-state index contributed by atoms with van der Waals surface area (Å²) in [5.74, 6) is 0.0489. The number of nitrogens with one attached hydrogen (secondary N) is 1. The number of rotatable bonds is 8. The number of nitrogens with zero attached hydrogens (tertiary/aromatic N) is 3. The molecule has 8 nitrogen and oxygen atoms in total. The van der Waals surface area contributed by atoms with E-state index in [1.54, 1.807) is 36.4 Å².